The van der Waals surface area contributed by atoms with E-state index in [1.165, 1.54) is 96.3 Å². The number of hydrogen-bond acceptors (Lipinski definition) is 0. The topological polar surface area (TPSA) is 0 Å². The van der Waals surface area contributed by atoms with Crippen LogP contribution in [0.5, 0.6) is 0 Å². The highest BCUT2D eigenvalue weighted by molar-refractivity contribution is 4.61. The second-order valence-electron chi connectivity index (χ2n) is 8.37. The highest BCUT2D eigenvalue weighted by Gasteiger charge is 2.09. The summed E-state index contributed by atoms with van der Waals surface area (Å²) in [6.45, 7) is 12.0. The molecule has 0 aromatic rings. The zero-order chi connectivity index (χ0) is 17.3. The van der Waals surface area contributed by atoms with Gasteiger partial charge in [-0.25, -0.2) is 0 Å². The van der Waals surface area contributed by atoms with E-state index in [1.807, 2.05) is 0 Å². The predicted octanol–water partition coefficient (Wildman–Crippen LogP) is 8.79. The van der Waals surface area contributed by atoms with Gasteiger partial charge in [-0.1, -0.05) is 131 Å². The fourth-order valence-electron chi connectivity index (χ4n) is 3.59. The van der Waals surface area contributed by atoms with E-state index in [-0.39, 0.29) is 0 Å². The van der Waals surface area contributed by atoms with Crippen molar-refractivity contribution in [3.8, 4) is 0 Å². The van der Waals surface area contributed by atoms with Gasteiger partial charge in [-0.2, -0.15) is 0 Å². The smallest absolute Gasteiger partial charge is 0.0417 e. The van der Waals surface area contributed by atoms with Crippen LogP contribution in [-0.2, 0) is 0 Å². The lowest BCUT2D eigenvalue weighted by molar-refractivity contribution is 0.340. The van der Waals surface area contributed by atoms with Crippen LogP contribution < -0.4 is 0 Å². The monoisotopic (exact) mass is 324 g/mol. The van der Waals surface area contributed by atoms with Crippen LogP contribution in [0.15, 0.2) is 0 Å². The van der Waals surface area contributed by atoms with E-state index in [1.54, 1.807) is 0 Å². The minimum atomic E-state index is 0.914. The zero-order valence-electron chi connectivity index (χ0n) is 17.3. The van der Waals surface area contributed by atoms with Crippen LogP contribution in [0.25, 0.3) is 0 Å². The van der Waals surface area contributed by atoms with Crippen molar-refractivity contribution in [1.29, 1.82) is 0 Å². The lowest BCUT2D eigenvalue weighted by atomic mass is 9.88. The molecule has 0 aromatic carbocycles. The van der Waals surface area contributed by atoms with Gasteiger partial charge in [-0.05, 0) is 17.8 Å². The highest BCUT2D eigenvalue weighted by Crippen LogP contribution is 2.22. The fourth-order valence-corrected chi connectivity index (χ4v) is 3.59. The van der Waals surface area contributed by atoms with Crippen LogP contribution in [0.3, 0.4) is 0 Å². The molecular formula is C23H48. The summed E-state index contributed by atoms with van der Waals surface area (Å²) in [7, 11) is 0. The van der Waals surface area contributed by atoms with Gasteiger partial charge < -0.3 is 0 Å². The van der Waals surface area contributed by atoms with Crippen LogP contribution >= 0.6 is 0 Å². The number of rotatable bonds is 17. The summed E-state index contributed by atoms with van der Waals surface area (Å²) in [5.74, 6) is 2.80. The number of unbranched alkanes of at least 4 members (excludes halogenated alkanes) is 9. The van der Waals surface area contributed by atoms with E-state index in [2.05, 4.69) is 34.6 Å². The molecule has 23 heavy (non-hydrogen) atoms. The van der Waals surface area contributed by atoms with Crippen molar-refractivity contribution in [2.75, 3.05) is 0 Å². The van der Waals surface area contributed by atoms with E-state index in [4.69, 9.17) is 0 Å². The normalized spacial score (nSPS) is 15.5. The van der Waals surface area contributed by atoms with Crippen molar-refractivity contribution in [3.05, 3.63) is 0 Å². The molecule has 0 rings (SSSR count). The summed E-state index contributed by atoms with van der Waals surface area (Å²) >= 11 is 0. The molecule has 0 saturated heterocycles. The molecule has 140 valence electrons. The molecule has 0 aliphatic heterocycles. The Morgan fingerprint density at radius 3 is 1.39 bits per heavy atom. The molecule has 0 aliphatic rings. The van der Waals surface area contributed by atoms with Crippen LogP contribution in [0.4, 0.5) is 0 Å². The van der Waals surface area contributed by atoms with E-state index in [9.17, 15) is 0 Å². The van der Waals surface area contributed by atoms with Crippen LogP contribution in [-0.4, -0.2) is 0 Å². The van der Waals surface area contributed by atoms with Crippen molar-refractivity contribution in [2.24, 2.45) is 17.8 Å². The summed E-state index contributed by atoms with van der Waals surface area (Å²) in [5, 5.41) is 0. The standard InChI is InChI=1S/C23H48/c1-6-8-9-10-11-12-15-18-21(3)19-16-13-14-17-20-23(5)22(4)7-2/h21-23H,6-20H2,1-5H3. The van der Waals surface area contributed by atoms with Gasteiger partial charge in [0.15, 0.2) is 0 Å². The summed E-state index contributed by atoms with van der Waals surface area (Å²) in [5.41, 5.74) is 0. The first-order chi connectivity index (χ1) is 11.1. The largest absolute Gasteiger partial charge is 0.0654 e. The third kappa shape index (κ3) is 15.3. The average molecular weight is 325 g/mol. The Morgan fingerprint density at radius 1 is 0.478 bits per heavy atom. The van der Waals surface area contributed by atoms with E-state index >= 15 is 0 Å². The Hall–Kier alpha value is 0. The second kappa shape index (κ2) is 16.8. The van der Waals surface area contributed by atoms with Gasteiger partial charge in [0.1, 0.15) is 0 Å². The van der Waals surface area contributed by atoms with Gasteiger partial charge in [0.25, 0.3) is 0 Å². The van der Waals surface area contributed by atoms with Crippen LogP contribution in [0.2, 0.25) is 0 Å². The van der Waals surface area contributed by atoms with E-state index in [0.29, 0.717) is 0 Å². The zero-order valence-corrected chi connectivity index (χ0v) is 17.3. The second-order valence-corrected chi connectivity index (χ2v) is 8.37. The molecule has 3 atom stereocenters. The maximum absolute atomic E-state index is 2.47. The molecule has 0 aliphatic carbocycles. The van der Waals surface area contributed by atoms with Gasteiger partial charge in [0.2, 0.25) is 0 Å². The molecular weight excluding hydrogens is 276 g/mol. The van der Waals surface area contributed by atoms with Gasteiger partial charge in [0.05, 0.1) is 0 Å². The third-order valence-electron chi connectivity index (χ3n) is 6.02. The Morgan fingerprint density at radius 2 is 0.913 bits per heavy atom. The van der Waals surface area contributed by atoms with Crippen molar-refractivity contribution in [1.82, 2.24) is 0 Å². The molecule has 0 N–H and O–H groups in total. The van der Waals surface area contributed by atoms with Gasteiger partial charge >= 0.3 is 0 Å². The van der Waals surface area contributed by atoms with E-state index < -0.39 is 0 Å². The Kier molecular flexibility index (Phi) is 16.8. The molecule has 0 fully saturated rings. The summed E-state index contributed by atoms with van der Waals surface area (Å²) in [6.07, 6.45) is 21.7. The lowest BCUT2D eigenvalue weighted by Crippen LogP contribution is -2.06. The quantitative estimate of drug-likeness (QED) is 0.234. The minimum Gasteiger partial charge on any atom is -0.0654 e. The van der Waals surface area contributed by atoms with Crippen molar-refractivity contribution >= 4 is 0 Å². The molecule has 0 bridgehead atoms. The molecule has 0 radical (unpaired) electrons. The first-order valence-electron chi connectivity index (χ1n) is 11.1. The van der Waals surface area contributed by atoms with Crippen LogP contribution in [0, 0.1) is 17.8 Å². The van der Waals surface area contributed by atoms with Crippen LogP contribution in [0.1, 0.15) is 131 Å². The average Bonchev–Trinajstić information content (AvgIpc) is 2.56. The minimum absolute atomic E-state index is 0.914. The van der Waals surface area contributed by atoms with Gasteiger partial charge in [-0.3, -0.25) is 0 Å². The molecule has 0 heterocycles. The third-order valence-corrected chi connectivity index (χ3v) is 6.02. The summed E-state index contributed by atoms with van der Waals surface area (Å²) < 4.78 is 0. The highest BCUT2D eigenvalue weighted by atomic mass is 14.1. The Balaban J connectivity index is 3.29. The molecule has 0 aromatic heterocycles. The summed E-state index contributed by atoms with van der Waals surface area (Å²) in [4.78, 5) is 0. The van der Waals surface area contributed by atoms with E-state index in [0.717, 1.165) is 17.8 Å². The maximum atomic E-state index is 2.47. The molecule has 0 heteroatoms. The molecule has 3 unspecified atom stereocenters. The Labute approximate surface area is 149 Å². The molecule has 0 saturated carbocycles. The van der Waals surface area contributed by atoms with Crippen molar-refractivity contribution < 1.29 is 0 Å². The molecule has 0 spiro atoms. The summed E-state index contributed by atoms with van der Waals surface area (Å²) in [6, 6.07) is 0. The van der Waals surface area contributed by atoms with Gasteiger partial charge in [-0.15, -0.1) is 0 Å². The first-order valence-corrected chi connectivity index (χ1v) is 11.1. The predicted molar refractivity (Wildman–Crippen MR) is 108 cm³/mol. The van der Waals surface area contributed by atoms with Crippen molar-refractivity contribution in [2.45, 2.75) is 131 Å². The van der Waals surface area contributed by atoms with Crippen molar-refractivity contribution in [3.63, 3.8) is 0 Å². The van der Waals surface area contributed by atoms with Gasteiger partial charge in [0, 0.05) is 0 Å². The lowest BCUT2D eigenvalue weighted by Gasteiger charge is -2.18. The molecule has 0 amide bonds. The number of hydrogen-bond donors (Lipinski definition) is 0. The first kappa shape index (κ1) is 23.0. The Bertz CT molecular complexity index is 220. The fraction of sp³-hybridized carbons (Fsp3) is 1.00. The molecule has 0 nitrogen and oxygen atoms in total. The SMILES string of the molecule is CCCCCCCCCC(C)CCCCCCC(C)C(C)CC. The maximum Gasteiger partial charge on any atom is -0.0417 e.